The molecule has 0 aromatic rings. The second-order valence-electron chi connectivity index (χ2n) is 3.29. The zero-order valence-corrected chi connectivity index (χ0v) is 12.9. The molecule has 0 aliphatic rings. The molecule has 0 heterocycles. The molecular formula is C10H21KO4. The molecule has 0 bridgehead atoms. The van der Waals surface area contributed by atoms with Gasteiger partial charge in [0.1, 0.15) is 6.61 Å². The Balaban J connectivity index is -0.000000845. The quantitative estimate of drug-likeness (QED) is 0.232. The predicted octanol–water partition coefficient (Wildman–Crippen LogP) is -1.68. The van der Waals surface area contributed by atoms with Gasteiger partial charge in [-0.2, -0.15) is 0 Å². The van der Waals surface area contributed by atoms with Crippen molar-refractivity contribution in [3.05, 3.63) is 0 Å². The van der Waals surface area contributed by atoms with E-state index in [-0.39, 0.29) is 52.8 Å². The molecule has 0 amide bonds. The molecule has 1 unspecified atom stereocenters. The van der Waals surface area contributed by atoms with E-state index >= 15 is 0 Å². The second kappa shape index (κ2) is 13.1. The van der Waals surface area contributed by atoms with Crippen LogP contribution in [0.15, 0.2) is 0 Å². The van der Waals surface area contributed by atoms with Crippen molar-refractivity contribution in [3.8, 4) is 0 Å². The summed E-state index contributed by atoms with van der Waals surface area (Å²) in [6, 6.07) is 0. The van der Waals surface area contributed by atoms with Gasteiger partial charge in [-0.05, 0) is 6.42 Å². The van der Waals surface area contributed by atoms with Crippen LogP contribution in [-0.4, -0.2) is 29.1 Å². The molecule has 0 saturated carbocycles. The maximum Gasteiger partial charge on any atom is 1.00 e. The van der Waals surface area contributed by atoms with Gasteiger partial charge in [0.25, 0.3) is 0 Å². The zero-order valence-electron chi connectivity index (χ0n) is 10.7. The monoisotopic (exact) mass is 244 g/mol. The minimum absolute atomic E-state index is 0. The van der Waals surface area contributed by atoms with Crippen molar-refractivity contribution < 1.29 is 72.6 Å². The Hall–Kier alpha value is 1.03. The van der Waals surface area contributed by atoms with Gasteiger partial charge in [-0.1, -0.05) is 32.6 Å². The van der Waals surface area contributed by atoms with E-state index in [0.29, 0.717) is 6.42 Å². The van der Waals surface area contributed by atoms with E-state index < -0.39 is 18.9 Å². The summed E-state index contributed by atoms with van der Waals surface area (Å²) in [6.45, 7) is 1.59. The van der Waals surface area contributed by atoms with Crippen molar-refractivity contribution in [1.29, 1.82) is 0 Å². The largest absolute Gasteiger partial charge is 1.00 e. The zero-order chi connectivity index (χ0) is 10.8. The Morgan fingerprint density at radius 3 is 2.47 bits per heavy atom. The Morgan fingerprint density at radius 1 is 1.33 bits per heavy atom. The molecule has 0 aliphatic heterocycles. The topological polar surface area (TPSA) is 66.8 Å². The van der Waals surface area contributed by atoms with E-state index in [4.69, 9.17) is 10.2 Å². The first-order valence-corrected chi connectivity index (χ1v) is 5.19. The fourth-order valence-corrected chi connectivity index (χ4v) is 1.12. The van der Waals surface area contributed by atoms with Crippen LogP contribution in [0.25, 0.3) is 0 Å². The molecule has 2 N–H and O–H groups in total. The van der Waals surface area contributed by atoms with E-state index in [1.807, 2.05) is 0 Å². The molecule has 15 heavy (non-hydrogen) atoms. The molecule has 5 heteroatoms. The molecule has 0 radical (unpaired) electrons. The van der Waals surface area contributed by atoms with Crippen LogP contribution in [0.1, 0.15) is 46.9 Å². The van der Waals surface area contributed by atoms with Crippen molar-refractivity contribution in [2.24, 2.45) is 0 Å². The molecule has 0 fully saturated rings. The first kappa shape index (κ1) is 18.4. The second-order valence-corrected chi connectivity index (χ2v) is 3.29. The van der Waals surface area contributed by atoms with Gasteiger partial charge >= 0.3 is 57.4 Å². The van der Waals surface area contributed by atoms with Crippen LogP contribution < -0.4 is 51.4 Å². The van der Waals surface area contributed by atoms with Gasteiger partial charge in [-0.15, -0.1) is 0 Å². The number of esters is 1. The van der Waals surface area contributed by atoms with Crippen LogP contribution in [0.3, 0.4) is 0 Å². The summed E-state index contributed by atoms with van der Waals surface area (Å²) in [5.41, 5.74) is 0. The summed E-state index contributed by atoms with van der Waals surface area (Å²) < 4.78 is 4.47. The van der Waals surface area contributed by atoms with Crippen LogP contribution >= 0.6 is 0 Å². The van der Waals surface area contributed by atoms with E-state index in [1.165, 1.54) is 12.8 Å². The van der Waals surface area contributed by atoms with E-state index in [2.05, 4.69) is 11.7 Å². The summed E-state index contributed by atoms with van der Waals surface area (Å²) in [7, 11) is 0. The van der Waals surface area contributed by atoms with Crippen LogP contribution in [0.5, 0.6) is 0 Å². The Bertz CT molecular complexity index is 158. The van der Waals surface area contributed by atoms with Crippen molar-refractivity contribution >= 4 is 5.97 Å². The first-order valence-electron chi connectivity index (χ1n) is 5.19. The smallest absolute Gasteiger partial charge is 1.00 e. The van der Waals surface area contributed by atoms with Gasteiger partial charge in [-0.25, -0.2) is 0 Å². The number of carbonyl (C=O) groups excluding carboxylic acids is 1. The van der Waals surface area contributed by atoms with Crippen LogP contribution in [-0.2, 0) is 9.53 Å². The average molecular weight is 244 g/mol. The maximum absolute atomic E-state index is 11.0. The number of unbranched alkanes of at least 4 members (excludes halogenated alkanes) is 4. The molecule has 0 aromatic heterocycles. The fraction of sp³-hybridized carbons (Fsp3) is 0.900. The van der Waals surface area contributed by atoms with Crippen molar-refractivity contribution in [2.45, 2.75) is 51.7 Å². The minimum atomic E-state index is -1.36. The van der Waals surface area contributed by atoms with Crippen molar-refractivity contribution in [2.75, 3.05) is 6.61 Å². The Morgan fingerprint density at radius 2 is 1.93 bits per heavy atom. The molecule has 0 spiro atoms. The Labute approximate surface area is 135 Å². The minimum Gasteiger partial charge on any atom is -1.00 e. The van der Waals surface area contributed by atoms with E-state index in [1.54, 1.807) is 0 Å². The van der Waals surface area contributed by atoms with E-state index in [0.717, 1.165) is 19.3 Å². The number of aliphatic hydroxyl groups is 2. The molecule has 0 rings (SSSR count). The van der Waals surface area contributed by atoms with Crippen molar-refractivity contribution in [1.82, 2.24) is 0 Å². The van der Waals surface area contributed by atoms with Gasteiger partial charge < -0.3 is 16.4 Å². The summed E-state index contributed by atoms with van der Waals surface area (Å²) in [5.74, 6) is -0.442. The van der Waals surface area contributed by atoms with Gasteiger partial charge in [0, 0.05) is 6.42 Å². The van der Waals surface area contributed by atoms with Gasteiger partial charge in [0.15, 0.2) is 0 Å². The first-order chi connectivity index (χ1) is 6.70. The summed E-state index contributed by atoms with van der Waals surface area (Å²) in [4.78, 5) is 11.0. The third-order valence-corrected chi connectivity index (χ3v) is 1.91. The van der Waals surface area contributed by atoms with Crippen molar-refractivity contribution in [3.63, 3.8) is 0 Å². The molecule has 4 nitrogen and oxygen atoms in total. The molecule has 1 atom stereocenters. The van der Waals surface area contributed by atoms with Crippen LogP contribution in [0.2, 0.25) is 0 Å². The molecule has 0 aromatic carbocycles. The molecule has 0 saturated heterocycles. The third-order valence-electron chi connectivity index (χ3n) is 1.91. The molecule has 86 valence electrons. The number of ether oxygens (including phenoxy) is 1. The number of rotatable bonds is 8. The number of aliphatic hydroxyl groups excluding tert-OH is 2. The molecule has 0 aliphatic carbocycles. The van der Waals surface area contributed by atoms with Gasteiger partial charge in [0.2, 0.25) is 6.29 Å². The summed E-state index contributed by atoms with van der Waals surface area (Å²) in [5, 5.41) is 17.2. The summed E-state index contributed by atoms with van der Waals surface area (Å²) in [6.07, 6.45) is 4.25. The van der Waals surface area contributed by atoms with Crippen LogP contribution in [0, 0.1) is 0 Å². The SMILES string of the molecule is CCCCCCCC(=O)OC(O)CO.[H-].[K+]. The standard InChI is InChI=1S/C10H20O4.K.H/c1-2-3-4-5-6-7-9(12)14-10(13)8-11;;/h10-11,13H,2-8H2,1H3;;/q;+1;-1. The average Bonchev–Trinajstić information content (AvgIpc) is 2.17. The summed E-state index contributed by atoms with van der Waals surface area (Å²) >= 11 is 0. The Kier molecular flexibility index (Phi) is 16.1. The van der Waals surface area contributed by atoms with Gasteiger partial charge in [-0.3, -0.25) is 4.79 Å². The van der Waals surface area contributed by atoms with Gasteiger partial charge in [0.05, 0.1) is 0 Å². The number of hydrogen-bond acceptors (Lipinski definition) is 4. The molecular weight excluding hydrogens is 223 g/mol. The number of carbonyl (C=O) groups is 1. The number of hydrogen-bond donors (Lipinski definition) is 2. The fourth-order valence-electron chi connectivity index (χ4n) is 1.12. The van der Waals surface area contributed by atoms with E-state index in [9.17, 15) is 4.79 Å². The normalized spacial score (nSPS) is 11.7. The predicted molar refractivity (Wildman–Crippen MR) is 53.7 cm³/mol. The maximum atomic E-state index is 11.0. The van der Waals surface area contributed by atoms with Crippen LogP contribution in [0.4, 0.5) is 0 Å². The third kappa shape index (κ3) is 13.0.